The molecule has 6 atom stereocenters. The minimum absolute atomic E-state index is 0.124. The summed E-state index contributed by atoms with van der Waals surface area (Å²) in [4.78, 5) is 45.6. The van der Waals surface area contributed by atoms with E-state index in [0.717, 1.165) is 44.9 Å². The maximum absolute atomic E-state index is 14.4. The third-order valence-electron chi connectivity index (χ3n) is 9.06. The summed E-state index contributed by atoms with van der Waals surface area (Å²) in [7, 11) is 0. The highest BCUT2D eigenvalue weighted by molar-refractivity contribution is 5.99. The molecule has 3 fully saturated rings. The van der Waals surface area contributed by atoms with Crippen LogP contribution >= 0.6 is 0 Å². The first-order chi connectivity index (χ1) is 17.4. The SMILES string of the molecule is CC[C@@H](CO)N1C(=O)[C@@H]2[C@H]3C(=O)OCCCC/C=C\[C@@]3(C)O[C@@]23C=CCN(C2CCCCC2)C(=O)C13. The number of carbonyl (C=O) groups excluding carboxylic acids is 3. The monoisotopic (exact) mass is 500 g/mol. The molecule has 8 heteroatoms. The fourth-order valence-electron chi connectivity index (χ4n) is 7.28. The Morgan fingerprint density at radius 3 is 2.53 bits per heavy atom. The molecule has 1 aliphatic carbocycles. The maximum atomic E-state index is 14.4. The lowest BCUT2D eigenvalue weighted by Crippen LogP contribution is -2.60. The molecule has 2 amide bonds. The molecule has 1 N–H and O–H groups in total. The average molecular weight is 501 g/mol. The molecule has 0 aromatic heterocycles. The van der Waals surface area contributed by atoms with Crippen molar-refractivity contribution in [2.45, 2.75) is 101 Å². The third kappa shape index (κ3) is 3.92. The molecule has 36 heavy (non-hydrogen) atoms. The Kier molecular flexibility index (Phi) is 7.03. The van der Waals surface area contributed by atoms with Gasteiger partial charge >= 0.3 is 5.97 Å². The van der Waals surface area contributed by atoms with Gasteiger partial charge in [-0.05, 0) is 45.4 Å². The highest BCUT2D eigenvalue weighted by Gasteiger charge is 2.75. The molecule has 0 aromatic carbocycles. The molecule has 2 saturated heterocycles. The van der Waals surface area contributed by atoms with Gasteiger partial charge in [-0.1, -0.05) is 50.5 Å². The summed E-state index contributed by atoms with van der Waals surface area (Å²) in [6.45, 7) is 4.24. The summed E-state index contributed by atoms with van der Waals surface area (Å²) in [5.74, 6) is -2.66. The Morgan fingerprint density at radius 2 is 1.81 bits per heavy atom. The van der Waals surface area contributed by atoms with Crippen LogP contribution < -0.4 is 0 Å². The summed E-state index contributed by atoms with van der Waals surface area (Å²) in [5, 5.41) is 10.2. The molecule has 4 heterocycles. The second-order valence-corrected chi connectivity index (χ2v) is 11.2. The van der Waals surface area contributed by atoms with Crippen molar-refractivity contribution in [1.29, 1.82) is 0 Å². The van der Waals surface area contributed by atoms with Crippen LogP contribution in [0.2, 0.25) is 0 Å². The largest absolute Gasteiger partial charge is 0.465 e. The molecule has 1 saturated carbocycles. The predicted molar refractivity (Wildman–Crippen MR) is 133 cm³/mol. The van der Waals surface area contributed by atoms with Gasteiger partial charge in [0.15, 0.2) is 0 Å². The number of nitrogens with zero attached hydrogens (tertiary/aromatic N) is 2. The van der Waals surface area contributed by atoms with Crippen molar-refractivity contribution < 1.29 is 29.0 Å². The molecule has 5 aliphatic rings. The van der Waals surface area contributed by atoms with E-state index in [0.29, 0.717) is 19.6 Å². The molecule has 0 bridgehead atoms. The zero-order chi connectivity index (χ0) is 25.5. The third-order valence-corrected chi connectivity index (χ3v) is 9.06. The zero-order valence-electron chi connectivity index (χ0n) is 21.6. The number of allylic oxidation sites excluding steroid dienone is 1. The number of hydrogen-bond donors (Lipinski definition) is 1. The summed E-state index contributed by atoms with van der Waals surface area (Å²) in [6, 6.07) is -1.34. The van der Waals surface area contributed by atoms with Gasteiger partial charge in [-0.25, -0.2) is 0 Å². The number of hydrogen-bond acceptors (Lipinski definition) is 6. The second-order valence-electron chi connectivity index (χ2n) is 11.2. The van der Waals surface area contributed by atoms with Crippen LogP contribution in [0.5, 0.6) is 0 Å². The first kappa shape index (κ1) is 25.5. The van der Waals surface area contributed by atoms with Crippen LogP contribution in [-0.4, -0.2) is 81.8 Å². The van der Waals surface area contributed by atoms with Crippen molar-refractivity contribution in [3.63, 3.8) is 0 Å². The summed E-state index contributed by atoms with van der Waals surface area (Å²) < 4.78 is 12.5. The van der Waals surface area contributed by atoms with E-state index in [1.165, 1.54) is 6.42 Å². The summed E-state index contributed by atoms with van der Waals surface area (Å²) in [5.41, 5.74) is -2.37. The van der Waals surface area contributed by atoms with Gasteiger partial charge in [-0.3, -0.25) is 14.4 Å². The minimum Gasteiger partial charge on any atom is -0.465 e. The number of esters is 1. The molecule has 8 nitrogen and oxygen atoms in total. The molecule has 198 valence electrons. The summed E-state index contributed by atoms with van der Waals surface area (Å²) in [6.07, 6.45) is 16.0. The van der Waals surface area contributed by atoms with Crippen LogP contribution in [-0.2, 0) is 23.9 Å². The van der Waals surface area contributed by atoms with Gasteiger partial charge in [0.25, 0.3) is 0 Å². The van der Waals surface area contributed by atoms with Gasteiger partial charge < -0.3 is 24.4 Å². The predicted octanol–water partition coefficient (Wildman–Crippen LogP) is 2.74. The number of fused-ring (bicyclic) bond motifs is 2. The smallest absolute Gasteiger partial charge is 0.313 e. The lowest BCUT2D eigenvalue weighted by Gasteiger charge is -2.42. The lowest BCUT2D eigenvalue weighted by molar-refractivity contribution is -0.162. The number of amides is 2. The van der Waals surface area contributed by atoms with Crippen molar-refractivity contribution in [2.75, 3.05) is 19.8 Å². The van der Waals surface area contributed by atoms with Crippen LogP contribution in [0.3, 0.4) is 0 Å². The molecule has 0 aromatic rings. The van der Waals surface area contributed by atoms with Gasteiger partial charge in [0, 0.05) is 12.6 Å². The van der Waals surface area contributed by atoms with Crippen LogP contribution in [0.15, 0.2) is 24.3 Å². The zero-order valence-corrected chi connectivity index (χ0v) is 21.6. The average Bonchev–Trinajstić information content (AvgIpc) is 3.20. The van der Waals surface area contributed by atoms with Crippen LogP contribution in [0.1, 0.15) is 71.6 Å². The molecule has 1 unspecified atom stereocenters. The van der Waals surface area contributed by atoms with E-state index in [9.17, 15) is 19.5 Å². The first-order valence-electron chi connectivity index (χ1n) is 13.8. The van der Waals surface area contributed by atoms with Gasteiger partial charge in [0.1, 0.15) is 17.6 Å². The highest BCUT2D eigenvalue weighted by Crippen LogP contribution is 2.57. The highest BCUT2D eigenvalue weighted by atomic mass is 16.6. The van der Waals surface area contributed by atoms with Crippen molar-refractivity contribution in [1.82, 2.24) is 9.80 Å². The van der Waals surface area contributed by atoms with E-state index in [2.05, 4.69) is 0 Å². The number of aliphatic hydroxyl groups excluding tert-OH is 1. The van der Waals surface area contributed by atoms with E-state index in [1.807, 2.05) is 43.1 Å². The first-order valence-corrected chi connectivity index (χ1v) is 13.8. The van der Waals surface area contributed by atoms with Crippen LogP contribution in [0.4, 0.5) is 0 Å². The van der Waals surface area contributed by atoms with Gasteiger partial charge in [-0.15, -0.1) is 0 Å². The Labute approximate surface area is 213 Å². The Balaban J connectivity index is 1.63. The lowest BCUT2D eigenvalue weighted by atomic mass is 9.74. The summed E-state index contributed by atoms with van der Waals surface area (Å²) >= 11 is 0. The van der Waals surface area contributed by atoms with E-state index in [4.69, 9.17) is 9.47 Å². The standard InChI is InChI=1S/C28H40N2O6/c1-3-19(18-31)30-23-25(33)29(20-12-7-6-8-13-20)16-11-15-28(23)21(24(30)32)22-26(34)35-17-10-5-4-9-14-27(22,2)36-28/h9,11,14-15,19-23,31H,3-8,10,12-13,16-18H2,1-2H3/b14-9-/t19-,21-,22-,23?,27+,28-/m0/s1. The van der Waals surface area contributed by atoms with E-state index < -0.39 is 41.1 Å². The molecule has 4 aliphatic heterocycles. The maximum Gasteiger partial charge on any atom is 0.313 e. The molecular weight excluding hydrogens is 460 g/mol. The molecule has 0 radical (unpaired) electrons. The Morgan fingerprint density at radius 1 is 1.03 bits per heavy atom. The van der Waals surface area contributed by atoms with E-state index in [1.54, 1.807) is 4.90 Å². The van der Waals surface area contributed by atoms with E-state index >= 15 is 0 Å². The van der Waals surface area contributed by atoms with Crippen molar-refractivity contribution in [3.8, 4) is 0 Å². The molecular formula is C28H40N2O6. The van der Waals surface area contributed by atoms with Crippen LogP contribution in [0, 0.1) is 11.8 Å². The number of rotatable bonds is 4. The quantitative estimate of drug-likeness (QED) is 0.471. The second kappa shape index (κ2) is 9.93. The Hall–Kier alpha value is -2.19. The Bertz CT molecular complexity index is 938. The number of cyclic esters (lactones) is 1. The topological polar surface area (TPSA) is 96.4 Å². The van der Waals surface area contributed by atoms with E-state index in [-0.39, 0.29) is 24.5 Å². The molecule has 1 spiro atoms. The number of carbonyl (C=O) groups is 3. The van der Waals surface area contributed by atoms with Gasteiger partial charge in [0.05, 0.1) is 30.8 Å². The van der Waals surface area contributed by atoms with Crippen molar-refractivity contribution in [3.05, 3.63) is 24.3 Å². The number of aliphatic hydroxyl groups is 1. The van der Waals surface area contributed by atoms with Crippen molar-refractivity contribution in [2.24, 2.45) is 11.8 Å². The van der Waals surface area contributed by atoms with Crippen LogP contribution in [0.25, 0.3) is 0 Å². The number of likely N-dealkylation sites (tertiary alicyclic amines) is 1. The minimum atomic E-state index is -1.29. The normalized spacial score (nSPS) is 39.2. The fraction of sp³-hybridized carbons (Fsp3) is 0.750. The van der Waals surface area contributed by atoms with Crippen molar-refractivity contribution >= 4 is 17.8 Å². The molecule has 5 rings (SSSR count). The fourth-order valence-corrected chi connectivity index (χ4v) is 7.28. The van der Waals surface area contributed by atoms with Gasteiger partial charge in [-0.2, -0.15) is 0 Å². The number of ether oxygens (including phenoxy) is 2. The van der Waals surface area contributed by atoms with Gasteiger partial charge in [0.2, 0.25) is 11.8 Å².